The summed E-state index contributed by atoms with van der Waals surface area (Å²) in [5.74, 6) is 0.324. The molecule has 0 saturated carbocycles. The molecule has 0 amide bonds. The van der Waals surface area contributed by atoms with E-state index >= 15 is 0 Å². The van der Waals surface area contributed by atoms with Gasteiger partial charge in [0.2, 0.25) is 0 Å². The van der Waals surface area contributed by atoms with Crippen molar-refractivity contribution in [1.82, 2.24) is 4.40 Å². The highest BCUT2D eigenvalue weighted by Gasteiger charge is 2.05. The standard InChI is InChI=1S/C11H11NO3/c1-7-5-12-6-9(15-11(13)14)3-4-10(12)8(7)2/h3-6H,1-2H3,(H,13,14). The molecule has 78 valence electrons. The summed E-state index contributed by atoms with van der Waals surface area (Å²) in [4.78, 5) is 10.3. The van der Waals surface area contributed by atoms with E-state index in [9.17, 15) is 4.79 Å². The lowest BCUT2D eigenvalue weighted by molar-refractivity contribution is 0.144. The molecular formula is C11H11NO3. The van der Waals surface area contributed by atoms with Gasteiger partial charge in [-0.1, -0.05) is 0 Å². The minimum atomic E-state index is -1.30. The third-order valence-corrected chi connectivity index (χ3v) is 2.46. The van der Waals surface area contributed by atoms with Crippen LogP contribution in [-0.4, -0.2) is 15.7 Å². The van der Waals surface area contributed by atoms with Crippen LogP contribution in [0.5, 0.6) is 5.75 Å². The molecule has 0 aromatic carbocycles. The Bertz CT molecular complexity index is 528. The Morgan fingerprint density at radius 3 is 2.73 bits per heavy atom. The van der Waals surface area contributed by atoms with E-state index in [-0.39, 0.29) is 0 Å². The number of nitrogens with zero attached hydrogens (tertiary/aromatic N) is 1. The fraction of sp³-hybridized carbons (Fsp3) is 0.182. The maximum absolute atomic E-state index is 10.3. The van der Waals surface area contributed by atoms with Gasteiger partial charge < -0.3 is 14.2 Å². The van der Waals surface area contributed by atoms with Crippen LogP contribution in [0, 0.1) is 13.8 Å². The zero-order valence-corrected chi connectivity index (χ0v) is 8.52. The number of carbonyl (C=O) groups is 1. The van der Waals surface area contributed by atoms with Crippen molar-refractivity contribution in [2.45, 2.75) is 13.8 Å². The summed E-state index contributed by atoms with van der Waals surface area (Å²) in [5, 5.41) is 8.47. The lowest BCUT2D eigenvalue weighted by Crippen LogP contribution is -2.03. The summed E-state index contributed by atoms with van der Waals surface area (Å²) < 4.78 is 6.43. The first-order chi connectivity index (χ1) is 7.08. The summed E-state index contributed by atoms with van der Waals surface area (Å²) >= 11 is 0. The van der Waals surface area contributed by atoms with Crippen molar-refractivity contribution >= 4 is 11.7 Å². The molecule has 0 aliphatic carbocycles. The van der Waals surface area contributed by atoms with Gasteiger partial charge in [-0.2, -0.15) is 0 Å². The average molecular weight is 205 g/mol. The Labute approximate surface area is 86.7 Å². The fourth-order valence-electron chi connectivity index (χ4n) is 1.59. The van der Waals surface area contributed by atoms with E-state index < -0.39 is 6.16 Å². The van der Waals surface area contributed by atoms with Gasteiger partial charge in [-0.3, -0.25) is 0 Å². The normalized spacial score (nSPS) is 10.5. The molecule has 0 radical (unpaired) electrons. The van der Waals surface area contributed by atoms with Gasteiger partial charge in [0.05, 0.1) is 6.20 Å². The maximum atomic E-state index is 10.3. The first kappa shape index (κ1) is 9.58. The predicted octanol–water partition coefficient (Wildman–Crippen LogP) is 2.61. The number of rotatable bonds is 1. The predicted molar refractivity (Wildman–Crippen MR) is 55.5 cm³/mol. The molecule has 2 heterocycles. The molecule has 0 atom stereocenters. The second-order valence-corrected chi connectivity index (χ2v) is 3.46. The molecule has 0 fully saturated rings. The number of aryl methyl sites for hydroxylation is 2. The van der Waals surface area contributed by atoms with Gasteiger partial charge in [0.25, 0.3) is 0 Å². The Kier molecular flexibility index (Phi) is 2.11. The minimum Gasteiger partial charge on any atom is -0.449 e. The maximum Gasteiger partial charge on any atom is 0.511 e. The number of ether oxygens (including phenoxy) is 1. The summed E-state index contributed by atoms with van der Waals surface area (Å²) in [7, 11) is 0. The van der Waals surface area contributed by atoms with E-state index in [2.05, 4.69) is 4.74 Å². The second kappa shape index (κ2) is 3.31. The van der Waals surface area contributed by atoms with Crippen LogP contribution in [0.25, 0.3) is 5.52 Å². The van der Waals surface area contributed by atoms with E-state index in [1.54, 1.807) is 12.3 Å². The van der Waals surface area contributed by atoms with Crippen LogP contribution in [0.1, 0.15) is 11.1 Å². The Balaban J connectivity index is 2.52. The number of hydrogen-bond acceptors (Lipinski definition) is 2. The Hall–Kier alpha value is -1.97. The van der Waals surface area contributed by atoms with E-state index in [4.69, 9.17) is 5.11 Å². The Morgan fingerprint density at radius 1 is 1.33 bits per heavy atom. The highest BCUT2D eigenvalue weighted by molar-refractivity contribution is 5.63. The molecule has 1 N–H and O–H groups in total. The van der Waals surface area contributed by atoms with E-state index in [0.29, 0.717) is 5.75 Å². The summed E-state index contributed by atoms with van der Waals surface area (Å²) in [5.41, 5.74) is 3.42. The molecule has 2 aromatic heterocycles. The zero-order chi connectivity index (χ0) is 11.0. The number of pyridine rings is 1. The highest BCUT2D eigenvalue weighted by Crippen LogP contribution is 2.20. The van der Waals surface area contributed by atoms with Crippen LogP contribution in [-0.2, 0) is 0 Å². The molecule has 0 aliphatic heterocycles. The summed E-state index contributed by atoms with van der Waals surface area (Å²) in [6, 6.07) is 3.50. The van der Waals surface area contributed by atoms with Crippen LogP contribution >= 0.6 is 0 Å². The van der Waals surface area contributed by atoms with Gasteiger partial charge in [-0.25, -0.2) is 4.79 Å². The molecule has 0 bridgehead atoms. The first-order valence-corrected chi connectivity index (χ1v) is 4.56. The van der Waals surface area contributed by atoms with Crippen molar-refractivity contribution in [2.24, 2.45) is 0 Å². The molecule has 15 heavy (non-hydrogen) atoms. The monoisotopic (exact) mass is 205 g/mol. The van der Waals surface area contributed by atoms with Gasteiger partial charge in [-0.15, -0.1) is 0 Å². The third-order valence-electron chi connectivity index (χ3n) is 2.46. The summed E-state index contributed by atoms with van der Waals surface area (Å²) in [6.45, 7) is 4.04. The van der Waals surface area contributed by atoms with Gasteiger partial charge >= 0.3 is 6.16 Å². The molecule has 0 aliphatic rings. The van der Waals surface area contributed by atoms with Crippen molar-refractivity contribution in [1.29, 1.82) is 0 Å². The van der Waals surface area contributed by atoms with Crippen LogP contribution < -0.4 is 4.74 Å². The first-order valence-electron chi connectivity index (χ1n) is 4.56. The molecule has 0 saturated heterocycles. The molecule has 4 heteroatoms. The second-order valence-electron chi connectivity index (χ2n) is 3.46. The number of hydrogen-bond donors (Lipinski definition) is 1. The van der Waals surface area contributed by atoms with E-state index in [1.165, 1.54) is 11.1 Å². The Morgan fingerprint density at radius 2 is 2.07 bits per heavy atom. The highest BCUT2D eigenvalue weighted by atomic mass is 16.7. The number of carboxylic acid groups (broad SMARTS) is 1. The smallest absolute Gasteiger partial charge is 0.449 e. The largest absolute Gasteiger partial charge is 0.511 e. The van der Waals surface area contributed by atoms with Crippen molar-refractivity contribution in [3.8, 4) is 5.75 Å². The molecular weight excluding hydrogens is 194 g/mol. The molecule has 0 unspecified atom stereocenters. The fourth-order valence-corrected chi connectivity index (χ4v) is 1.59. The topological polar surface area (TPSA) is 50.9 Å². The third kappa shape index (κ3) is 1.66. The van der Waals surface area contributed by atoms with Gasteiger partial charge in [0, 0.05) is 11.7 Å². The van der Waals surface area contributed by atoms with E-state index in [1.807, 2.05) is 30.5 Å². The van der Waals surface area contributed by atoms with Crippen LogP contribution in [0.3, 0.4) is 0 Å². The van der Waals surface area contributed by atoms with Gasteiger partial charge in [-0.05, 0) is 37.1 Å². The van der Waals surface area contributed by atoms with Crippen molar-refractivity contribution in [3.63, 3.8) is 0 Å². The van der Waals surface area contributed by atoms with E-state index in [0.717, 1.165) is 5.52 Å². The van der Waals surface area contributed by atoms with Crippen molar-refractivity contribution < 1.29 is 14.6 Å². The zero-order valence-electron chi connectivity index (χ0n) is 8.52. The van der Waals surface area contributed by atoms with Crippen LogP contribution in [0.15, 0.2) is 24.5 Å². The van der Waals surface area contributed by atoms with Crippen molar-refractivity contribution in [2.75, 3.05) is 0 Å². The number of fused-ring (bicyclic) bond motifs is 1. The lowest BCUT2D eigenvalue weighted by Gasteiger charge is -2.01. The summed E-state index contributed by atoms with van der Waals surface area (Å²) in [6.07, 6.45) is 2.30. The SMILES string of the molecule is Cc1cn2cc(OC(=O)O)ccc2c1C. The lowest BCUT2D eigenvalue weighted by atomic mass is 10.2. The quantitative estimate of drug-likeness (QED) is 0.728. The number of aromatic nitrogens is 1. The molecule has 4 nitrogen and oxygen atoms in total. The van der Waals surface area contributed by atoms with Crippen LogP contribution in [0.2, 0.25) is 0 Å². The molecule has 2 aromatic rings. The van der Waals surface area contributed by atoms with Gasteiger partial charge in [0.15, 0.2) is 5.75 Å². The average Bonchev–Trinajstić information content (AvgIpc) is 2.41. The molecule has 2 rings (SSSR count). The van der Waals surface area contributed by atoms with Crippen molar-refractivity contribution in [3.05, 3.63) is 35.7 Å². The minimum absolute atomic E-state index is 0.324. The van der Waals surface area contributed by atoms with Crippen LogP contribution in [0.4, 0.5) is 4.79 Å². The van der Waals surface area contributed by atoms with Gasteiger partial charge in [0.1, 0.15) is 0 Å². The molecule has 0 spiro atoms.